The number of hydrogen-bond acceptors (Lipinski definition) is 2. The number of ketones is 1. The van der Waals surface area contributed by atoms with Crippen molar-refractivity contribution in [1.82, 2.24) is 0 Å². The summed E-state index contributed by atoms with van der Waals surface area (Å²) in [5, 5.41) is 0. The van der Waals surface area contributed by atoms with Gasteiger partial charge < -0.3 is 5.73 Å². The minimum absolute atomic E-state index is 0.134. The van der Waals surface area contributed by atoms with Gasteiger partial charge in [0.25, 0.3) is 0 Å². The van der Waals surface area contributed by atoms with Crippen LogP contribution in [0.1, 0.15) is 39.0 Å². The second-order valence-electron chi connectivity index (χ2n) is 3.52. The first-order valence-corrected chi connectivity index (χ1v) is 4.48. The minimum Gasteiger partial charge on any atom is -0.327 e. The quantitative estimate of drug-likeness (QED) is 0.583. The number of rotatable bonds is 1. The van der Waals surface area contributed by atoms with E-state index in [2.05, 4.69) is 0 Å². The number of carbonyl (C=O) groups excluding carboxylic acids is 1. The van der Waals surface area contributed by atoms with Crippen molar-refractivity contribution in [2.45, 2.75) is 45.1 Å². The predicted molar refractivity (Wildman–Crippen MR) is 45.2 cm³/mol. The lowest BCUT2D eigenvalue weighted by Gasteiger charge is -2.17. The van der Waals surface area contributed by atoms with Gasteiger partial charge in [-0.2, -0.15) is 0 Å². The van der Waals surface area contributed by atoms with Crippen LogP contribution in [-0.2, 0) is 4.79 Å². The first-order valence-electron chi connectivity index (χ1n) is 4.48. The Hall–Kier alpha value is -0.370. The Morgan fingerprint density at radius 3 is 2.55 bits per heavy atom. The summed E-state index contributed by atoms with van der Waals surface area (Å²) in [5.41, 5.74) is 5.86. The summed E-state index contributed by atoms with van der Waals surface area (Å²) in [4.78, 5) is 11.1. The van der Waals surface area contributed by atoms with Gasteiger partial charge in [0.2, 0.25) is 0 Å². The van der Waals surface area contributed by atoms with E-state index in [4.69, 9.17) is 5.73 Å². The standard InChI is InChI=1S/C9H17NO/c1-7(11)8-5-3-2-4-6-9(8)10/h8-9H,2-6,10H2,1H3/t8-,9-/m1/s1. The Labute approximate surface area is 68.2 Å². The maximum atomic E-state index is 11.1. The topological polar surface area (TPSA) is 43.1 Å². The lowest BCUT2D eigenvalue weighted by Crippen LogP contribution is -2.33. The fourth-order valence-electron chi connectivity index (χ4n) is 1.84. The molecule has 0 radical (unpaired) electrons. The van der Waals surface area contributed by atoms with E-state index >= 15 is 0 Å². The summed E-state index contributed by atoms with van der Waals surface area (Å²) in [6.45, 7) is 1.66. The lowest BCUT2D eigenvalue weighted by atomic mass is 9.92. The highest BCUT2D eigenvalue weighted by Crippen LogP contribution is 2.22. The van der Waals surface area contributed by atoms with E-state index in [1.165, 1.54) is 19.3 Å². The number of Topliss-reactive ketones (excluding diaryl/α,β-unsaturated/α-hetero) is 1. The molecule has 0 unspecified atom stereocenters. The fraction of sp³-hybridized carbons (Fsp3) is 0.889. The molecule has 64 valence electrons. The fourth-order valence-corrected chi connectivity index (χ4v) is 1.84. The Morgan fingerprint density at radius 1 is 1.27 bits per heavy atom. The average Bonchev–Trinajstić information content (AvgIpc) is 2.13. The molecule has 0 aliphatic heterocycles. The summed E-state index contributed by atoms with van der Waals surface area (Å²) in [7, 11) is 0. The molecule has 2 atom stereocenters. The molecule has 0 bridgehead atoms. The van der Waals surface area contributed by atoms with Crippen molar-refractivity contribution in [3.63, 3.8) is 0 Å². The zero-order valence-corrected chi connectivity index (χ0v) is 7.18. The van der Waals surface area contributed by atoms with Gasteiger partial charge in [-0.3, -0.25) is 4.79 Å². The Balaban J connectivity index is 2.52. The summed E-state index contributed by atoms with van der Waals surface area (Å²) in [6.07, 6.45) is 5.67. The van der Waals surface area contributed by atoms with Crippen LogP contribution in [0.5, 0.6) is 0 Å². The van der Waals surface area contributed by atoms with Gasteiger partial charge in [0.05, 0.1) is 0 Å². The van der Waals surface area contributed by atoms with Crippen LogP contribution in [0, 0.1) is 5.92 Å². The molecule has 1 aliphatic carbocycles. The molecule has 0 saturated heterocycles. The molecule has 0 aromatic carbocycles. The molecule has 1 aliphatic rings. The summed E-state index contributed by atoms with van der Waals surface area (Å²) in [6, 6.07) is 0.134. The average molecular weight is 155 g/mol. The SMILES string of the molecule is CC(=O)[C@H]1CCCCC[C@H]1N. The van der Waals surface area contributed by atoms with Gasteiger partial charge in [-0.15, -0.1) is 0 Å². The maximum absolute atomic E-state index is 11.1. The zero-order valence-electron chi connectivity index (χ0n) is 7.18. The monoisotopic (exact) mass is 155 g/mol. The largest absolute Gasteiger partial charge is 0.327 e. The summed E-state index contributed by atoms with van der Waals surface area (Å²) < 4.78 is 0. The van der Waals surface area contributed by atoms with Crippen molar-refractivity contribution in [1.29, 1.82) is 0 Å². The van der Waals surface area contributed by atoms with Crippen LogP contribution in [0.4, 0.5) is 0 Å². The molecule has 0 heterocycles. The molecule has 1 fully saturated rings. The third kappa shape index (κ3) is 2.29. The Bertz CT molecular complexity index is 144. The van der Waals surface area contributed by atoms with Gasteiger partial charge in [-0.25, -0.2) is 0 Å². The number of hydrogen-bond donors (Lipinski definition) is 1. The summed E-state index contributed by atoms with van der Waals surface area (Å²) >= 11 is 0. The van der Waals surface area contributed by atoms with Crippen LogP contribution in [0.2, 0.25) is 0 Å². The molecule has 11 heavy (non-hydrogen) atoms. The van der Waals surface area contributed by atoms with E-state index in [-0.39, 0.29) is 17.7 Å². The molecular weight excluding hydrogens is 138 g/mol. The van der Waals surface area contributed by atoms with Gasteiger partial charge in [-0.1, -0.05) is 19.3 Å². The molecule has 1 saturated carbocycles. The predicted octanol–water partition coefficient (Wildman–Crippen LogP) is 1.48. The van der Waals surface area contributed by atoms with Crippen LogP contribution < -0.4 is 5.73 Å². The zero-order chi connectivity index (χ0) is 8.27. The van der Waals surface area contributed by atoms with E-state index in [1.807, 2.05) is 0 Å². The molecule has 2 heteroatoms. The molecule has 0 amide bonds. The van der Waals surface area contributed by atoms with Gasteiger partial charge in [0.15, 0.2) is 0 Å². The van der Waals surface area contributed by atoms with Crippen LogP contribution in [0.25, 0.3) is 0 Å². The molecule has 0 spiro atoms. The van der Waals surface area contributed by atoms with Crippen LogP contribution in [-0.4, -0.2) is 11.8 Å². The summed E-state index contributed by atoms with van der Waals surface area (Å²) in [5.74, 6) is 0.428. The van der Waals surface area contributed by atoms with Crippen molar-refractivity contribution in [3.05, 3.63) is 0 Å². The molecule has 2 nitrogen and oxygen atoms in total. The van der Waals surface area contributed by atoms with Crippen molar-refractivity contribution < 1.29 is 4.79 Å². The van der Waals surface area contributed by atoms with Crippen LogP contribution >= 0.6 is 0 Å². The first-order chi connectivity index (χ1) is 5.22. The minimum atomic E-state index is 0.134. The molecular formula is C9H17NO. The van der Waals surface area contributed by atoms with Crippen LogP contribution in [0.15, 0.2) is 0 Å². The molecule has 0 aromatic heterocycles. The lowest BCUT2D eigenvalue weighted by molar-refractivity contribution is -0.121. The maximum Gasteiger partial charge on any atom is 0.134 e. The molecule has 2 N–H and O–H groups in total. The van der Waals surface area contributed by atoms with Crippen LogP contribution in [0.3, 0.4) is 0 Å². The van der Waals surface area contributed by atoms with Gasteiger partial charge in [0.1, 0.15) is 5.78 Å². The second-order valence-corrected chi connectivity index (χ2v) is 3.52. The highest BCUT2D eigenvalue weighted by atomic mass is 16.1. The number of nitrogens with two attached hydrogens (primary N) is 1. The van der Waals surface area contributed by atoms with Crippen molar-refractivity contribution in [3.8, 4) is 0 Å². The highest BCUT2D eigenvalue weighted by molar-refractivity contribution is 5.79. The highest BCUT2D eigenvalue weighted by Gasteiger charge is 2.23. The Morgan fingerprint density at radius 2 is 1.91 bits per heavy atom. The van der Waals surface area contributed by atoms with Crippen molar-refractivity contribution >= 4 is 5.78 Å². The van der Waals surface area contributed by atoms with E-state index in [0.717, 1.165) is 12.8 Å². The van der Waals surface area contributed by atoms with E-state index < -0.39 is 0 Å². The molecule has 0 aromatic rings. The molecule has 1 rings (SSSR count). The van der Waals surface area contributed by atoms with E-state index in [9.17, 15) is 4.79 Å². The Kier molecular flexibility index (Phi) is 3.06. The van der Waals surface area contributed by atoms with Crippen molar-refractivity contribution in [2.24, 2.45) is 11.7 Å². The third-order valence-electron chi connectivity index (χ3n) is 2.59. The van der Waals surface area contributed by atoms with E-state index in [1.54, 1.807) is 6.92 Å². The van der Waals surface area contributed by atoms with Gasteiger partial charge in [0, 0.05) is 12.0 Å². The van der Waals surface area contributed by atoms with Gasteiger partial charge in [-0.05, 0) is 19.8 Å². The second kappa shape index (κ2) is 3.86. The van der Waals surface area contributed by atoms with Crippen molar-refractivity contribution in [2.75, 3.05) is 0 Å². The van der Waals surface area contributed by atoms with Gasteiger partial charge >= 0.3 is 0 Å². The smallest absolute Gasteiger partial charge is 0.134 e. The normalized spacial score (nSPS) is 32.9. The first kappa shape index (κ1) is 8.72. The third-order valence-corrected chi connectivity index (χ3v) is 2.59. The van der Waals surface area contributed by atoms with E-state index in [0.29, 0.717) is 0 Å². The number of carbonyl (C=O) groups is 1.